The lowest BCUT2D eigenvalue weighted by molar-refractivity contribution is -0.104. The van der Waals surface area contributed by atoms with Gasteiger partial charge in [-0.15, -0.1) is 0 Å². The number of hydrogen-bond acceptors (Lipinski definition) is 5. The molecule has 0 amide bonds. The Bertz CT molecular complexity index is 786. The van der Waals surface area contributed by atoms with Crippen LogP contribution in [0, 0.1) is 0 Å². The molecule has 1 aliphatic heterocycles. The normalized spacial score (nSPS) is 19.8. The number of methoxy groups -OCH3 is 2. The van der Waals surface area contributed by atoms with Gasteiger partial charge in [0.2, 0.25) is 0 Å². The summed E-state index contributed by atoms with van der Waals surface area (Å²) in [6.45, 7) is 7.83. The summed E-state index contributed by atoms with van der Waals surface area (Å²) in [5.74, 6) is 1.64. The first-order valence-electron chi connectivity index (χ1n) is 8.27. The standard InChI is InChI=1S/C21H24O5/c1-6-17(23)18(24-4)10-13(2)20-14(3)16-11-15(8-7-9-22)12-19(25-5)21(16)26-20/h6-12,14,20,23H,2H2,1,3-5H3/b8-7+,17-6+,18-10+/t14-,20+/m0/s1. The third-order valence-corrected chi connectivity index (χ3v) is 4.31. The van der Waals surface area contributed by atoms with Crippen molar-refractivity contribution in [1.82, 2.24) is 0 Å². The molecule has 2 rings (SSSR count). The van der Waals surface area contributed by atoms with E-state index in [2.05, 4.69) is 6.58 Å². The Morgan fingerprint density at radius 3 is 2.65 bits per heavy atom. The van der Waals surface area contributed by atoms with Gasteiger partial charge in [-0.05, 0) is 48.4 Å². The van der Waals surface area contributed by atoms with Gasteiger partial charge in [0.1, 0.15) is 12.4 Å². The van der Waals surface area contributed by atoms with E-state index in [-0.39, 0.29) is 17.8 Å². The molecule has 0 spiro atoms. The van der Waals surface area contributed by atoms with Gasteiger partial charge in [-0.1, -0.05) is 19.6 Å². The molecule has 1 heterocycles. The number of benzene rings is 1. The lowest BCUT2D eigenvalue weighted by atomic mass is 9.91. The van der Waals surface area contributed by atoms with Crippen LogP contribution in [-0.4, -0.2) is 31.7 Å². The molecule has 5 nitrogen and oxygen atoms in total. The van der Waals surface area contributed by atoms with E-state index >= 15 is 0 Å². The van der Waals surface area contributed by atoms with Crippen molar-refractivity contribution in [1.29, 1.82) is 0 Å². The Morgan fingerprint density at radius 1 is 1.35 bits per heavy atom. The van der Waals surface area contributed by atoms with Crippen molar-refractivity contribution in [2.75, 3.05) is 14.2 Å². The topological polar surface area (TPSA) is 65.0 Å². The van der Waals surface area contributed by atoms with Gasteiger partial charge < -0.3 is 19.3 Å². The van der Waals surface area contributed by atoms with Crippen molar-refractivity contribution < 1.29 is 24.1 Å². The van der Waals surface area contributed by atoms with Gasteiger partial charge in [0.05, 0.1) is 14.2 Å². The van der Waals surface area contributed by atoms with Crippen LogP contribution < -0.4 is 9.47 Å². The van der Waals surface area contributed by atoms with Gasteiger partial charge in [-0.2, -0.15) is 0 Å². The second-order valence-electron chi connectivity index (χ2n) is 5.93. The number of fused-ring (bicyclic) bond motifs is 1. The maximum absolute atomic E-state index is 10.6. The molecule has 0 saturated carbocycles. The maximum atomic E-state index is 10.6. The lowest BCUT2D eigenvalue weighted by Crippen LogP contribution is -2.18. The molecule has 0 aromatic heterocycles. The summed E-state index contributed by atoms with van der Waals surface area (Å²) < 4.78 is 16.8. The molecule has 138 valence electrons. The number of hydrogen-bond donors (Lipinski definition) is 1. The number of allylic oxidation sites excluding steroid dienone is 2. The number of carbonyl (C=O) groups is 1. The van der Waals surface area contributed by atoms with Gasteiger partial charge in [-0.3, -0.25) is 4.79 Å². The fraction of sp³-hybridized carbons (Fsp3) is 0.286. The zero-order chi connectivity index (χ0) is 19.3. The highest BCUT2D eigenvalue weighted by Crippen LogP contribution is 2.47. The first-order chi connectivity index (χ1) is 12.5. The highest BCUT2D eigenvalue weighted by molar-refractivity contribution is 5.75. The van der Waals surface area contributed by atoms with Crippen molar-refractivity contribution in [2.24, 2.45) is 0 Å². The average molecular weight is 356 g/mol. The summed E-state index contributed by atoms with van der Waals surface area (Å²) in [5, 5.41) is 9.88. The molecule has 0 unspecified atom stereocenters. The molecule has 1 N–H and O–H groups in total. The van der Waals surface area contributed by atoms with Gasteiger partial charge in [0.25, 0.3) is 0 Å². The van der Waals surface area contributed by atoms with Gasteiger partial charge in [-0.25, -0.2) is 0 Å². The zero-order valence-corrected chi connectivity index (χ0v) is 15.5. The van der Waals surface area contributed by atoms with Crippen LogP contribution in [0.5, 0.6) is 11.5 Å². The minimum atomic E-state index is -0.320. The van der Waals surface area contributed by atoms with E-state index in [0.717, 1.165) is 17.4 Å². The van der Waals surface area contributed by atoms with Crippen molar-refractivity contribution >= 4 is 12.4 Å². The zero-order valence-electron chi connectivity index (χ0n) is 15.5. The van der Waals surface area contributed by atoms with Crippen molar-refractivity contribution in [3.63, 3.8) is 0 Å². The van der Waals surface area contributed by atoms with Gasteiger partial charge in [0.15, 0.2) is 23.0 Å². The van der Waals surface area contributed by atoms with E-state index in [1.807, 2.05) is 19.1 Å². The number of ether oxygens (including phenoxy) is 3. The van der Waals surface area contributed by atoms with Crippen LogP contribution >= 0.6 is 0 Å². The highest BCUT2D eigenvalue weighted by Gasteiger charge is 2.35. The number of aliphatic hydroxyl groups is 1. The number of rotatable bonds is 7. The Hall–Kier alpha value is -2.95. The molecule has 0 bridgehead atoms. The van der Waals surface area contributed by atoms with E-state index in [0.29, 0.717) is 22.8 Å². The summed E-state index contributed by atoms with van der Waals surface area (Å²) in [6.07, 6.45) is 6.78. The van der Waals surface area contributed by atoms with Crippen molar-refractivity contribution in [3.8, 4) is 11.5 Å². The van der Waals surface area contributed by atoms with Crippen LogP contribution in [0.15, 0.2) is 54.0 Å². The Morgan fingerprint density at radius 2 is 2.08 bits per heavy atom. The summed E-state index contributed by atoms with van der Waals surface area (Å²) >= 11 is 0. The molecular weight excluding hydrogens is 332 g/mol. The molecule has 0 saturated heterocycles. The van der Waals surface area contributed by atoms with Crippen LogP contribution in [0.1, 0.15) is 30.9 Å². The third kappa shape index (κ3) is 3.82. The van der Waals surface area contributed by atoms with Crippen molar-refractivity contribution in [2.45, 2.75) is 25.9 Å². The largest absolute Gasteiger partial charge is 0.504 e. The van der Waals surface area contributed by atoms with E-state index in [4.69, 9.17) is 14.2 Å². The quantitative estimate of drug-likeness (QED) is 0.341. The summed E-state index contributed by atoms with van der Waals surface area (Å²) in [7, 11) is 3.06. The first-order valence-corrected chi connectivity index (χ1v) is 8.27. The molecule has 0 fully saturated rings. The summed E-state index contributed by atoms with van der Waals surface area (Å²) in [4.78, 5) is 10.6. The predicted molar refractivity (Wildman–Crippen MR) is 102 cm³/mol. The number of aliphatic hydroxyl groups excluding tert-OH is 1. The van der Waals surface area contributed by atoms with E-state index in [1.165, 1.54) is 13.2 Å². The van der Waals surface area contributed by atoms with E-state index in [9.17, 15) is 9.90 Å². The molecule has 5 heteroatoms. The smallest absolute Gasteiger partial charge is 0.165 e. The Kier molecular flexibility index (Phi) is 6.28. The molecule has 1 aliphatic rings. The third-order valence-electron chi connectivity index (χ3n) is 4.31. The van der Waals surface area contributed by atoms with E-state index < -0.39 is 0 Å². The average Bonchev–Trinajstić information content (AvgIpc) is 2.99. The first kappa shape index (κ1) is 19.4. The van der Waals surface area contributed by atoms with Gasteiger partial charge >= 0.3 is 0 Å². The fourth-order valence-electron chi connectivity index (χ4n) is 2.93. The number of aldehydes is 1. The monoisotopic (exact) mass is 356 g/mol. The molecule has 26 heavy (non-hydrogen) atoms. The minimum Gasteiger partial charge on any atom is -0.504 e. The van der Waals surface area contributed by atoms with E-state index in [1.54, 1.807) is 32.3 Å². The molecule has 2 atom stereocenters. The van der Waals surface area contributed by atoms with Crippen LogP contribution in [0.25, 0.3) is 6.08 Å². The molecule has 0 radical (unpaired) electrons. The van der Waals surface area contributed by atoms with Crippen molar-refractivity contribution in [3.05, 3.63) is 65.2 Å². The Labute approximate surface area is 153 Å². The molecule has 0 aliphatic carbocycles. The molecular formula is C21H24O5. The second kappa shape index (κ2) is 8.43. The van der Waals surface area contributed by atoms with Crippen LogP contribution in [0.3, 0.4) is 0 Å². The van der Waals surface area contributed by atoms with Crippen LogP contribution in [0.4, 0.5) is 0 Å². The summed E-state index contributed by atoms with van der Waals surface area (Å²) in [5.41, 5.74) is 2.50. The summed E-state index contributed by atoms with van der Waals surface area (Å²) in [6, 6.07) is 3.79. The predicted octanol–water partition coefficient (Wildman–Crippen LogP) is 4.32. The highest BCUT2D eigenvalue weighted by atomic mass is 16.5. The SMILES string of the molecule is C=C(/C=C(OC)\C(O)=C/C)[C@H]1Oc2c(OC)cc(/C=C/C=O)cc2[C@@H]1C. The second-order valence-corrected chi connectivity index (χ2v) is 5.93. The van der Waals surface area contributed by atoms with Crippen LogP contribution in [0.2, 0.25) is 0 Å². The Balaban J connectivity index is 2.38. The minimum absolute atomic E-state index is 0.0121. The molecule has 1 aromatic rings. The van der Waals surface area contributed by atoms with Gasteiger partial charge in [0, 0.05) is 11.5 Å². The number of carbonyl (C=O) groups excluding carboxylic acids is 1. The maximum Gasteiger partial charge on any atom is 0.165 e. The fourth-order valence-corrected chi connectivity index (χ4v) is 2.93. The lowest BCUT2D eigenvalue weighted by Gasteiger charge is -2.17. The molecule has 1 aromatic carbocycles. The van der Waals surface area contributed by atoms with Crippen LogP contribution in [-0.2, 0) is 9.53 Å².